The Morgan fingerprint density at radius 3 is 2.94 bits per heavy atom. The van der Waals surface area contributed by atoms with Crippen LogP contribution >= 0.6 is 15.9 Å². The number of ether oxygens (including phenoxy) is 1. The first-order valence-corrected chi connectivity index (χ1v) is 6.76. The van der Waals surface area contributed by atoms with Gasteiger partial charge in [-0.25, -0.2) is 0 Å². The van der Waals surface area contributed by atoms with E-state index in [4.69, 9.17) is 10.5 Å². The lowest BCUT2D eigenvalue weighted by Crippen LogP contribution is -2.36. The van der Waals surface area contributed by atoms with Crippen LogP contribution in [0.2, 0.25) is 0 Å². The maximum atomic E-state index is 5.80. The molecule has 4 heteroatoms. The molecule has 0 aromatic heterocycles. The Bertz CT molecular complexity index is 369. The van der Waals surface area contributed by atoms with Crippen LogP contribution in [-0.2, 0) is 11.3 Å². The smallest absolute Gasteiger partial charge is 0.0779 e. The molecule has 1 aromatic carbocycles. The summed E-state index contributed by atoms with van der Waals surface area (Å²) in [5.74, 6) is 0. The van der Waals surface area contributed by atoms with Crippen LogP contribution in [0.5, 0.6) is 0 Å². The fraction of sp³-hybridized carbons (Fsp3) is 0.538. The molecule has 0 radical (unpaired) electrons. The summed E-state index contributed by atoms with van der Waals surface area (Å²) in [5, 5.41) is 3.44. The summed E-state index contributed by atoms with van der Waals surface area (Å²) in [7, 11) is 0. The Labute approximate surface area is 111 Å². The second kappa shape index (κ2) is 5.38. The minimum absolute atomic E-state index is 0.0115. The van der Waals surface area contributed by atoms with E-state index in [1.54, 1.807) is 0 Å². The maximum Gasteiger partial charge on any atom is 0.0779 e. The van der Waals surface area contributed by atoms with Crippen LogP contribution < -0.4 is 11.1 Å². The van der Waals surface area contributed by atoms with Crippen LogP contribution in [-0.4, -0.2) is 18.8 Å². The SMILES string of the molecule is CC1(CNCc2cc(N)cc(Br)c2)CCCO1. The third-order valence-electron chi connectivity index (χ3n) is 3.11. The summed E-state index contributed by atoms with van der Waals surface area (Å²) in [5.41, 5.74) is 7.79. The van der Waals surface area contributed by atoms with Gasteiger partial charge in [0.25, 0.3) is 0 Å². The van der Waals surface area contributed by atoms with Crippen LogP contribution in [0.3, 0.4) is 0 Å². The van der Waals surface area contributed by atoms with Crippen LogP contribution in [0.25, 0.3) is 0 Å². The first-order chi connectivity index (χ1) is 8.07. The average Bonchev–Trinajstić information content (AvgIpc) is 2.64. The summed E-state index contributed by atoms with van der Waals surface area (Å²) in [6, 6.07) is 5.99. The van der Waals surface area contributed by atoms with E-state index in [0.29, 0.717) is 0 Å². The quantitative estimate of drug-likeness (QED) is 0.840. The van der Waals surface area contributed by atoms with E-state index < -0.39 is 0 Å². The Hall–Kier alpha value is -0.580. The van der Waals surface area contributed by atoms with E-state index in [2.05, 4.69) is 34.2 Å². The van der Waals surface area contributed by atoms with Gasteiger partial charge in [0.1, 0.15) is 0 Å². The minimum Gasteiger partial charge on any atom is -0.399 e. The molecule has 1 unspecified atom stereocenters. The highest BCUT2D eigenvalue weighted by Gasteiger charge is 2.28. The number of anilines is 1. The molecule has 1 aromatic rings. The fourth-order valence-corrected chi connectivity index (χ4v) is 2.78. The summed E-state index contributed by atoms with van der Waals surface area (Å²) in [6.45, 7) is 4.77. The largest absolute Gasteiger partial charge is 0.399 e. The van der Waals surface area contributed by atoms with Gasteiger partial charge in [0, 0.05) is 29.9 Å². The molecule has 17 heavy (non-hydrogen) atoms. The van der Waals surface area contributed by atoms with Crippen molar-refractivity contribution in [3.05, 3.63) is 28.2 Å². The van der Waals surface area contributed by atoms with Crippen molar-refractivity contribution in [2.75, 3.05) is 18.9 Å². The van der Waals surface area contributed by atoms with Crippen molar-refractivity contribution in [1.82, 2.24) is 5.32 Å². The zero-order valence-corrected chi connectivity index (χ0v) is 11.7. The van der Waals surface area contributed by atoms with Gasteiger partial charge in [0.05, 0.1) is 5.60 Å². The van der Waals surface area contributed by atoms with Crippen molar-refractivity contribution in [2.24, 2.45) is 0 Å². The second-order valence-corrected chi connectivity index (χ2v) is 5.81. The van der Waals surface area contributed by atoms with Gasteiger partial charge in [-0.2, -0.15) is 0 Å². The highest BCUT2D eigenvalue weighted by Crippen LogP contribution is 2.24. The zero-order valence-electron chi connectivity index (χ0n) is 10.1. The van der Waals surface area contributed by atoms with Gasteiger partial charge in [-0.15, -0.1) is 0 Å². The third kappa shape index (κ3) is 3.69. The summed E-state index contributed by atoms with van der Waals surface area (Å²) in [4.78, 5) is 0. The van der Waals surface area contributed by atoms with E-state index in [9.17, 15) is 0 Å². The van der Waals surface area contributed by atoms with E-state index >= 15 is 0 Å². The Morgan fingerprint density at radius 2 is 2.29 bits per heavy atom. The Balaban J connectivity index is 1.85. The Kier molecular flexibility index (Phi) is 4.07. The number of nitrogen functional groups attached to an aromatic ring is 1. The van der Waals surface area contributed by atoms with E-state index in [1.807, 2.05) is 12.1 Å². The lowest BCUT2D eigenvalue weighted by molar-refractivity contribution is 0.0207. The van der Waals surface area contributed by atoms with Crippen LogP contribution in [0.15, 0.2) is 22.7 Å². The van der Waals surface area contributed by atoms with Gasteiger partial charge in [-0.3, -0.25) is 0 Å². The maximum absolute atomic E-state index is 5.80. The first-order valence-electron chi connectivity index (χ1n) is 5.97. The van der Waals surface area contributed by atoms with Gasteiger partial charge in [-0.1, -0.05) is 15.9 Å². The topological polar surface area (TPSA) is 47.3 Å². The van der Waals surface area contributed by atoms with E-state index in [0.717, 1.165) is 36.3 Å². The molecule has 2 rings (SSSR count). The van der Waals surface area contributed by atoms with Gasteiger partial charge < -0.3 is 15.8 Å². The lowest BCUT2D eigenvalue weighted by atomic mass is 10.0. The van der Waals surface area contributed by atoms with Crippen LogP contribution in [0.1, 0.15) is 25.3 Å². The van der Waals surface area contributed by atoms with Crippen LogP contribution in [0.4, 0.5) is 5.69 Å². The minimum atomic E-state index is 0.0115. The van der Waals surface area contributed by atoms with Crippen molar-refractivity contribution < 1.29 is 4.74 Å². The monoisotopic (exact) mass is 298 g/mol. The normalized spacial score (nSPS) is 24.1. The molecule has 1 atom stereocenters. The molecule has 1 aliphatic rings. The number of hydrogen-bond acceptors (Lipinski definition) is 3. The molecule has 0 bridgehead atoms. The van der Waals surface area contributed by atoms with Crippen LogP contribution in [0, 0.1) is 0 Å². The van der Waals surface area contributed by atoms with Crippen molar-refractivity contribution in [1.29, 1.82) is 0 Å². The molecule has 1 saturated heterocycles. The number of nitrogens with two attached hydrogens (primary N) is 1. The molecule has 0 amide bonds. The third-order valence-corrected chi connectivity index (χ3v) is 3.57. The standard InChI is InChI=1S/C13H19BrN2O/c1-13(3-2-4-17-13)9-16-8-10-5-11(14)7-12(15)6-10/h5-7,16H,2-4,8-9,15H2,1H3. The number of benzene rings is 1. The highest BCUT2D eigenvalue weighted by atomic mass is 79.9. The molecular formula is C13H19BrN2O. The predicted molar refractivity (Wildman–Crippen MR) is 73.9 cm³/mol. The summed E-state index contributed by atoms with van der Waals surface area (Å²) in [6.07, 6.45) is 2.31. The van der Waals surface area contributed by atoms with E-state index in [-0.39, 0.29) is 5.60 Å². The van der Waals surface area contributed by atoms with E-state index in [1.165, 1.54) is 12.0 Å². The molecule has 1 aliphatic heterocycles. The molecule has 0 saturated carbocycles. The van der Waals surface area contributed by atoms with Gasteiger partial charge in [-0.05, 0) is 43.5 Å². The highest BCUT2D eigenvalue weighted by molar-refractivity contribution is 9.10. The lowest BCUT2D eigenvalue weighted by Gasteiger charge is -2.23. The van der Waals surface area contributed by atoms with Crippen molar-refractivity contribution >= 4 is 21.6 Å². The fourth-order valence-electron chi connectivity index (χ4n) is 2.22. The number of hydrogen-bond donors (Lipinski definition) is 2. The predicted octanol–water partition coefficient (Wildman–Crippen LogP) is 2.69. The number of rotatable bonds is 4. The zero-order chi connectivity index (χ0) is 12.3. The molecule has 94 valence electrons. The Morgan fingerprint density at radius 1 is 1.47 bits per heavy atom. The molecule has 0 aliphatic carbocycles. The molecule has 1 heterocycles. The average molecular weight is 299 g/mol. The van der Waals surface area contributed by atoms with Crippen molar-refractivity contribution in [3.8, 4) is 0 Å². The summed E-state index contributed by atoms with van der Waals surface area (Å²) < 4.78 is 6.75. The van der Waals surface area contributed by atoms with Crippen molar-refractivity contribution in [3.63, 3.8) is 0 Å². The molecule has 3 N–H and O–H groups in total. The molecule has 3 nitrogen and oxygen atoms in total. The van der Waals surface area contributed by atoms with Gasteiger partial charge >= 0.3 is 0 Å². The summed E-state index contributed by atoms with van der Waals surface area (Å²) >= 11 is 3.45. The number of halogens is 1. The first kappa shape index (κ1) is 12.9. The van der Waals surface area contributed by atoms with Gasteiger partial charge in [0.15, 0.2) is 0 Å². The van der Waals surface area contributed by atoms with Crippen molar-refractivity contribution in [2.45, 2.75) is 31.9 Å². The van der Waals surface area contributed by atoms with Gasteiger partial charge in [0.2, 0.25) is 0 Å². The molecule has 0 spiro atoms. The second-order valence-electron chi connectivity index (χ2n) is 4.90. The number of nitrogens with one attached hydrogen (secondary N) is 1. The molecule has 1 fully saturated rings. The molecular weight excluding hydrogens is 280 g/mol.